The largest absolute Gasteiger partial charge is 0.377 e. The molecule has 1 heterocycles. The molecule has 0 spiro atoms. The molecule has 0 aliphatic carbocycles. The fraction of sp³-hybridized carbons (Fsp3) is 1.00. The normalized spacial score (nSPS) is 22.8. The molecule has 1 saturated heterocycles. The van der Waals surface area contributed by atoms with E-state index in [2.05, 4.69) is 5.32 Å². The number of sulfonamides is 1. The molecule has 1 N–H and O–H groups in total. The molecule has 0 amide bonds. The summed E-state index contributed by atoms with van der Waals surface area (Å²) in [6, 6.07) is 0. The highest BCUT2D eigenvalue weighted by Gasteiger charge is 2.24. The Morgan fingerprint density at radius 2 is 2.21 bits per heavy atom. The van der Waals surface area contributed by atoms with Gasteiger partial charge >= 0.3 is 0 Å². The molecule has 14 heavy (non-hydrogen) atoms. The van der Waals surface area contributed by atoms with Crippen molar-refractivity contribution >= 4 is 10.0 Å². The summed E-state index contributed by atoms with van der Waals surface area (Å²) in [5.41, 5.74) is 0. The van der Waals surface area contributed by atoms with Gasteiger partial charge in [0.25, 0.3) is 0 Å². The molecule has 0 atom stereocenters. The summed E-state index contributed by atoms with van der Waals surface area (Å²) >= 11 is 0. The molecule has 6 heteroatoms. The first-order valence-electron chi connectivity index (χ1n) is 4.82. The van der Waals surface area contributed by atoms with E-state index < -0.39 is 10.0 Å². The Kier molecular flexibility index (Phi) is 4.31. The van der Waals surface area contributed by atoms with Gasteiger partial charge < -0.3 is 10.1 Å². The van der Waals surface area contributed by atoms with Crippen LogP contribution in [0.4, 0.5) is 0 Å². The van der Waals surface area contributed by atoms with E-state index in [9.17, 15) is 8.42 Å². The van der Waals surface area contributed by atoms with Crippen LogP contribution in [0.25, 0.3) is 0 Å². The quantitative estimate of drug-likeness (QED) is 0.703. The van der Waals surface area contributed by atoms with Gasteiger partial charge in [0.15, 0.2) is 0 Å². The zero-order valence-corrected chi connectivity index (χ0v) is 9.51. The predicted octanol–water partition coefficient (Wildman–Crippen LogP) is -0.396. The van der Waals surface area contributed by atoms with E-state index in [1.54, 1.807) is 0 Å². The molecule has 0 radical (unpaired) electrons. The van der Waals surface area contributed by atoms with Crippen molar-refractivity contribution in [3.05, 3.63) is 0 Å². The summed E-state index contributed by atoms with van der Waals surface area (Å²) in [6.45, 7) is 6.07. The van der Waals surface area contributed by atoms with Crippen LogP contribution < -0.4 is 5.32 Å². The second-order valence-corrected chi connectivity index (χ2v) is 5.54. The Balaban J connectivity index is 2.35. The lowest BCUT2D eigenvalue weighted by Gasteiger charge is -2.26. The van der Waals surface area contributed by atoms with Crippen LogP contribution in [-0.4, -0.2) is 50.9 Å². The monoisotopic (exact) mass is 222 g/mol. The molecule has 0 aromatic heterocycles. The van der Waals surface area contributed by atoms with Crippen LogP contribution in [0.3, 0.4) is 0 Å². The lowest BCUT2D eigenvalue weighted by Crippen LogP contribution is -2.48. The standard InChI is InChI=1S/C8H18N2O3S/c1-8(2)13-6-5-10-4-3-9-7-14(10,11)12/h8-9H,3-7H2,1-2H3. The van der Waals surface area contributed by atoms with Gasteiger partial charge in [0.1, 0.15) is 5.88 Å². The molecule has 0 bridgehead atoms. The summed E-state index contributed by atoms with van der Waals surface area (Å²) in [6.07, 6.45) is 0.153. The van der Waals surface area contributed by atoms with Gasteiger partial charge in [0.2, 0.25) is 10.0 Å². The zero-order chi connectivity index (χ0) is 10.6. The maximum atomic E-state index is 11.5. The van der Waals surface area contributed by atoms with Crippen molar-refractivity contribution in [3.8, 4) is 0 Å². The molecule has 1 fully saturated rings. The molecule has 84 valence electrons. The number of ether oxygens (including phenoxy) is 1. The topological polar surface area (TPSA) is 58.6 Å². The summed E-state index contributed by atoms with van der Waals surface area (Å²) < 4.78 is 29.7. The zero-order valence-electron chi connectivity index (χ0n) is 8.69. The number of nitrogens with one attached hydrogen (secondary N) is 1. The fourth-order valence-electron chi connectivity index (χ4n) is 1.28. The van der Waals surface area contributed by atoms with Crippen LogP contribution in [-0.2, 0) is 14.8 Å². The van der Waals surface area contributed by atoms with Gasteiger partial charge in [-0.1, -0.05) is 0 Å². The van der Waals surface area contributed by atoms with Crippen LogP contribution in [0.1, 0.15) is 13.8 Å². The average molecular weight is 222 g/mol. The Morgan fingerprint density at radius 3 is 2.79 bits per heavy atom. The third-order valence-corrected chi connectivity index (χ3v) is 3.73. The van der Waals surface area contributed by atoms with Gasteiger partial charge in [-0.2, -0.15) is 4.31 Å². The predicted molar refractivity (Wildman–Crippen MR) is 54.5 cm³/mol. The second kappa shape index (κ2) is 5.06. The molecule has 0 aromatic rings. The summed E-state index contributed by atoms with van der Waals surface area (Å²) in [5.74, 6) is 0.0503. The van der Waals surface area contributed by atoms with E-state index in [1.807, 2.05) is 13.8 Å². The number of hydrogen-bond acceptors (Lipinski definition) is 4. The molecule has 1 rings (SSSR count). The Hall–Kier alpha value is -0.170. The maximum Gasteiger partial charge on any atom is 0.227 e. The van der Waals surface area contributed by atoms with Crippen molar-refractivity contribution in [3.63, 3.8) is 0 Å². The minimum absolute atomic E-state index is 0.0503. The van der Waals surface area contributed by atoms with Gasteiger partial charge in [-0.15, -0.1) is 0 Å². The van der Waals surface area contributed by atoms with Crippen LogP contribution >= 0.6 is 0 Å². The summed E-state index contributed by atoms with van der Waals surface area (Å²) in [4.78, 5) is 0. The van der Waals surface area contributed by atoms with Crippen molar-refractivity contribution < 1.29 is 13.2 Å². The summed E-state index contributed by atoms with van der Waals surface area (Å²) in [7, 11) is -3.08. The molecule has 0 saturated carbocycles. The van der Waals surface area contributed by atoms with Gasteiger partial charge in [0.05, 0.1) is 12.7 Å². The van der Waals surface area contributed by atoms with Crippen molar-refractivity contribution in [1.29, 1.82) is 0 Å². The number of nitrogens with zero attached hydrogens (tertiary/aromatic N) is 1. The van der Waals surface area contributed by atoms with E-state index in [0.29, 0.717) is 19.7 Å². The lowest BCUT2D eigenvalue weighted by atomic mass is 10.5. The number of rotatable bonds is 4. The van der Waals surface area contributed by atoms with Crippen molar-refractivity contribution in [1.82, 2.24) is 9.62 Å². The van der Waals surface area contributed by atoms with Gasteiger partial charge in [-0.25, -0.2) is 8.42 Å². The Morgan fingerprint density at radius 1 is 1.50 bits per heavy atom. The highest BCUT2D eigenvalue weighted by Crippen LogP contribution is 2.03. The van der Waals surface area contributed by atoms with Crippen LogP contribution in [0, 0.1) is 0 Å². The van der Waals surface area contributed by atoms with E-state index in [0.717, 1.165) is 6.54 Å². The SMILES string of the molecule is CC(C)OCCN1CCNCS1(=O)=O. The molecule has 0 unspecified atom stereocenters. The van der Waals surface area contributed by atoms with Crippen molar-refractivity contribution in [2.75, 3.05) is 32.1 Å². The highest BCUT2D eigenvalue weighted by atomic mass is 32.2. The first-order valence-corrected chi connectivity index (χ1v) is 6.43. The third kappa shape index (κ3) is 3.53. The van der Waals surface area contributed by atoms with Crippen LogP contribution in [0.15, 0.2) is 0 Å². The van der Waals surface area contributed by atoms with Crippen LogP contribution in [0.2, 0.25) is 0 Å². The lowest BCUT2D eigenvalue weighted by molar-refractivity contribution is 0.0709. The van der Waals surface area contributed by atoms with Crippen molar-refractivity contribution in [2.45, 2.75) is 20.0 Å². The second-order valence-electron chi connectivity index (χ2n) is 3.57. The molecule has 1 aliphatic rings. The minimum Gasteiger partial charge on any atom is -0.377 e. The molecule has 5 nitrogen and oxygen atoms in total. The first-order chi connectivity index (χ1) is 6.52. The molecular formula is C8H18N2O3S. The van der Waals surface area contributed by atoms with Gasteiger partial charge in [-0.05, 0) is 13.8 Å². The molecule has 1 aliphatic heterocycles. The first kappa shape index (κ1) is 11.9. The van der Waals surface area contributed by atoms with Gasteiger partial charge in [0, 0.05) is 19.6 Å². The van der Waals surface area contributed by atoms with Crippen molar-refractivity contribution in [2.24, 2.45) is 0 Å². The maximum absolute atomic E-state index is 11.5. The summed E-state index contributed by atoms with van der Waals surface area (Å²) in [5, 5.41) is 2.83. The minimum atomic E-state index is -3.08. The number of hydrogen-bond donors (Lipinski definition) is 1. The Bertz CT molecular complexity index is 264. The average Bonchev–Trinajstić information content (AvgIpc) is 2.07. The van der Waals surface area contributed by atoms with E-state index >= 15 is 0 Å². The van der Waals surface area contributed by atoms with E-state index in [-0.39, 0.29) is 12.0 Å². The molecular weight excluding hydrogens is 204 g/mol. The molecule has 0 aromatic carbocycles. The highest BCUT2D eigenvalue weighted by molar-refractivity contribution is 7.89. The third-order valence-electron chi connectivity index (χ3n) is 2.01. The Labute approximate surface area is 85.5 Å². The fourth-order valence-corrected chi connectivity index (χ4v) is 2.58. The van der Waals surface area contributed by atoms with E-state index in [1.165, 1.54) is 4.31 Å². The van der Waals surface area contributed by atoms with Gasteiger partial charge in [-0.3, -0.25) is 0 Å². The van der Waals surface area contributed by atoms with Crippen LogP contribution in [0.5, 0.6) is 0 Å². The smallest absolute Gasteiger partial charge is 0.227 e. The van der Waals surface area contributed by atoms with E-state index in [4.69, 9.17) is 4.74 Å².